The molecule has 0 bridgehead atoms. The Labute approximate surface area is 321 Å². The van der Waals surface area contributed by atoms with Gasteiger partial charge >= 0.3 is 6.09 Å². The van der Waals surface area contributed by atoms with Gasteiger partial charge in [0.05, 0.1) is 57.2 Å². The van der Waals surface area contributed by atoms with Gasteiger partial charge in [-0.15, -0.1) is 0 Å². The maximum Gasteiger partial charge on any atom is 0.407 e. The molecule has 3 unspecified atom stereocenters. The lowest BCUT2D eigenvalue weighted by Gasteiger charge is -2.37. The van der Waals surface area contributed by atoms with E-state index in [9.17, 15) is 9.90 Å². The zero-order valence-corrected chi connectivity index (χ0v) is 33.9. The minimum absolute atomic E-state index is 0.0270. The van der Waals surface area contributed by atoms with Crippen LogP contribution in [0.5, 0.6) is 11.5 Å². The molecule has 12 heteroatoms. The van der Waals surface area contributed by atoms with Gasteiger partial charge in [-0.25, -0.2) is 9.78 Å². The molecule has 1 saturated heterocycles. The van der Waals surface area contributed by atoms with E-state index < -0.39 is 14.2 Å². The van der Waals surface area contributed by atoms with Crippen molar-refractivity contribution < 1.29 is 38.3 Å². The molecule has 1 aromatic heterocycles. The van der Waals surface area contributed by atoms with E-state index in [1.807, 2.05) is 42.5 Å². The Bertz CT molecular complexity index is 1760. The number of methoxy groups -OCH3 is 2. The van der Waals surface area contributed by atoms with Gasteiger partial charge in [-0.1, -0.05) is 62.1 Å². The SMILES string of the molecule is COCCCc1nc2c(COC3CN(C(=O)O)CCC3c3ccc(OCCCOCc4ccccc4OC)cc3)cccc2n1C(C)OCC[Si](C)(C)C. The van der Waals surface area contributed by atoms with E-state index in [0.29, 0.717) is 59.2 Å². The van der Waals surface area contributed by atoms with Crippen molar-refractivity contribution >= 4 is 25.2 Å². The van der Waals surface area contributed by atoms with Crippen molar-refractivity contribution in [2.75, 3.05) is 53.7 Å². The van der Waals surface area contributed by atoms with Gasteiger partial charge in [0.15, 0.2) is 0 Å². The molecule has 0 spiro atoms. The van der Waals surface area contributed by atoms with E-state index in [-0.39, 0.29) is 18.2 Å². The number of aryl methyl sites for hydroxylation is 1. The number of ether oxygens (including phenoxy) is 6. The van der Waals surface area contributed by atoms with Crippen LogP contribution in [0.3, 0.4) is 0 Å². The van der Waals surface area contributed by atoms with Crippen molar-refractivity contribution in [1.82, 2.24) is 14.5 Å². The second-order valence-corrected chi connectivity index (χ2v) is 20.8. The Hall–Kier alpha value is -3.94. The molecule has 11 nitrogen and oxygen atoms in total. The van der Waals surface area contributed by atoms with E-state index in [4.69, 9.17) is 33.4 Å². The molecule has 4 aromatic rings. The Balaban J connectivity index is 1.23. The van der Waals surface area contributed by atoms with Gasteiger partial charge in [-0.2, -0.15) is 0 Å². The highest BCUT2D eigenvalue weighted by atomic mass is 28.3. The molecule has 294 valence electrons. The first-order valence-corrected chi connectivity index (χ1v) is 22.9. The fraction of sp³-hybridized carbons (Fsp3) is 0.524. The largest absolute Gasteiger partial charge is 0.496 e. The van der Waals surface area contributed by atoms with Gasteiger partial charge < -0.3 is 43.0 Å². The number of carboxylic acid groups (broad SMARTS) is 1. The molecule has 1 N–H and O–H groups in total. The maximum atomic E-state index is 12.1. The Morgan fingerprint density at radius 1 is 0.926 bits per heavy atom. The number of hydrogen-bond donors (Lipinski definition) is 1. The predicted molar refractivity (Wildman–Crippen MR) is 213 cm³/mol. The summed E-state index contributed by atoms with van der Waals surface area (Å²) in [5.41, 5.74) is 4.99. The molecule has 1 aliphatic rings. The topological polar surface area (TPSA) is 114 Å². The third kappa shape index (κ3) is 11.5. The van der Waals surface area contributed by atoms with Crippen LogP contribution in [0.15, 0.2) is 66.7 Å². The normalized spacial score (nSPS) is 16.8. The standard InChI is InChI=1S/C42H59N3O8Si/c1-31(51-26-27-54(4,5)6)45-37-14-9-13-34(41(37)43-40(45)16-10-23-48-2)30-53-39-28-44(42(46)47)22-21-36(39)32-17-19-35(20-18-32)52-25-11-24-50-29-33-12-7-8-15-38(33)49-3/h7-9,12-15,17-20,31,36,39H,10-11,16,21-30H2,1-6H3,(H,46,47). The smallest absolute Gasteiger partial charge is 0.407 e. The number of likely N-dealkylation sites (tertiary alicyclic amines) is 1. The molecule has 0 saturated carbocycles. The van der Waals surface area contributed by atoms with Gasteiger partial charge in [0.1, 0.15) is 23.6 Å². The second kappa shape index (κ2) is 20.1. The summed E-state index contributed by atoms with van der Waals surface area (Å²) in [6.07, 6.45) is 1.61. The number of piperidine rings is 1. The van der Waals surface area contributed by atoms with Gasteiger partial charge in [0, 0.05) is 64.8 Å². The molecule has 0 aliphatic carbocycles. The Morgan fingerprint density at radius 2 is 1.70 bits per heavy atom. The highest BCUT2D eigenvalue weighted by molar-refractivity contribution is 6.76. The van der Waals surface area contributed by atoms with Crippen LogP contribution in [0.4, 0.5) is 4.79 Å². The molecule has 1 aliphatic heterocycles. The average molecular weight is 762 g/mol. The second-order valence-electron chi connectivity index (χ2n) is 15.2. The first-order valence-electron chi connectivity index (χ1n) is 19.2. The summed E-state index contributed by atoms with van der Waals surface area (Å²) < 4.78 is 37.9. The van der Waals surface area contributed by atoms with Crippen molar-refractivity contribution in [2.45, 2.75) is 89.8 Å². The fourth-order valence-corrected chi connectivity index (χ4v) is 7.64. The van der Waals surface area contributed by atoms with E-state index >= 15 is 0 Å². The molecular formula is C42H59N3O8Si. The fourth-order valence-electron chi connectivity index (χ4n) is 6.91. The highest BCUT2D eigenvalue weighted by Crippen LogP contribution is 2.33. The third-order valence-electron chi connectivity index (χ3n) is 9.94. The number of aromatic nitrogens is 2. The minimum Gasteiger partial charge on any atom is -0.496 e. The van der Waals surface area contributed by atoms with Crippen LogP contribution in [0.25, 0.3) is 11.0 Å². The Morgan fingerprint density at radius 3 is 2.44 bits per heavy atom. The molecule has 5 rings (SSSR count). The lowest BCUT2D eigenvalue weighted by atomic mass is 9.87. The number of fused-ring (bicyclic) bond motifs is 1. The Kier molecular flexibility index (Phi) is 15.4. The predicted octanol–water partition coefficient (Wildman–Crippen LogP) is 8.54. The lowest BCUT2D eigenvalue weighted by molar-refractivity contribution is -0.0196. The molecule has 3 aromatic carbocycles. The quantitative estimate of drug-likeness (QED) is 0.0660. The van der Waals surface area contributed by atoms with Crippen LogP contribution in [0.1, 0.15) is 60.8 Å². The summed E-state index contributed by atoms with van der Waals surface area (Å²) in [6.45, 7) is 13.2. The third-order valence-corrected chi connectivity index (χ3v) is 11.6. The monoisotopic (exact) mass is 761 g/mol. The number of para-hydroxylation sites is 2. The summed E-state index contributed by atoms with van der Waals surface area (Å²) in [6, 6.07) is 23.3. The van der Waals surface area contributed by atoms with Gasteiger partial charge in [0.25, 0.3) is 0 Å². The molecule has 0 radical (unpaired) electrons. The molecule has 54 heavy (non-hydrogen) atoms. The van der Waals surface area contributed by atoms with Crippen LogP contribution in [-0.4, -0.2) is 93.6 Å². The molecular weight excluding hydrogens is 703 g/mol. The number of imidazole rings is 1. The number of hydrogen-bond acceptors (Lipinski definition) is 8. The minimum atomic E-state index is -1.24. The van der Waals surface area contributed by atoms with Gasteiger partial charge in [-0.05, 0) is 55.6 Å². The number of benzene rings is 3. The van der Waals surface area contributed by atoms with Crippen LogP contribution < -0.4 is 9.47 Å². The van der Waals surface area contributed by atoms with Gasteiger partial charge in [0.2, 0.25) is 0 Å². The van der Waals surface area contributed by atoms with Crippen molar-refractivity contribution in [3.05, 3.63) is 89.2 Å². The van der Waals surface area contributed by atoms with Crippen LogP contribution >= 0.6 is 0 Å². The van der Waals surface area contributed by atoms with Crippen molar-refractivity contribution in [3.63, 3.8) is 0 Å². The van der Waals surface area contributed by atoms with Crippen LogP contribution in [0.2, 0.25) is 25.7 Å². The molecule has 2 heterocycles. The molecule has 1 fully saturated rings. The van der Waals surface area contributed by atoms with Crippen LogP contribution in [-0.2, 0) is 38.6 Å². The first-order chi connectivity index (χ1) is 26.1. The number of carbonyl (C=O) groups is 1. The highest BCUT2D eigenvalue weighted by Gasteiger charge is 2.33. The van der Waals surface area contributed by atoms with E-state index in [1.54, 1.807) is 14.2 Å². The summed E-state index contributed by atoms with van der Waals surface area (Å²) in [5.74, 6) is 2.60. The zero-order valence-electron chi connectivity index (χ0n) is 32.9. The van der Waals surface area contributed by atoms with E-state index in [2.05, 4.69) is 55.4 Å². The summed E-state index contributed by atoms with van der Waals surface area (Å²) in [5, 5.41) is 9.88. The van der Waals surface area contributed by atoms with Crippen LogP contribution in [0, 0.1) is 0 Å². The lowest BCUT2D eigenvalue weighted by Crippen LogP contribution is -2.46. The number of rotatable bonds is 21. The summed E-state index contributed by atoms with van der Waals surface area (Å²) in [4.78, 5) is 18.7. The van der Waals surface area contributed by atoms with E-state index in [1.165, 1.54) is 4.90 Å². The zero-order chi connectivity index (χ0) is 38.5. The molecule has 3 atom stereocenters. The summed E-state index contributed by atoms with van der Waals surface area (Å²) >= 11 is 0. The number of nitrogens with zero attached hydrogens (tertiary/aromatic N) is 3. The van der Waals surface area contributed by atoms with E-state index in [0.717, 1.165) is 70.4 Å². The van der Waals surface area contributed by atoms with Crippen molar-refractivity contribution in [3.8, 4) is 11.5 Å². The average Bonchev–Trinajstić information content (AvgIpc) is 3.54. The van der Waals surface area contributed by atoms with Crippen molar-refractivity contribution in [1.29, 1.82) is 0 Å². The van der Waals surface area contributed by atoms with Gasteiger partial charge in [-0.3, -0.25) is 0 Å². The first kappa shape index (κ1) is 41.2. The molecule has 1 amide bonds. The number of amides is 1. The maximum absolute atomic E-state index is 12.1. The van der Waals surface area contributed by atoms with Crippen molar-refractivity contribution in [2.24, 2.45) is 0 Å². The summed E-state index contributed by atoms with van der Waals surface area (Å²) in [7, 11) is 2.14.